The number of nitrogens with zero attached hydrogens (tertiary/aromatic N) is 2. The van der Waals surface area contributed by atoms with Gasteiger partial charge in [-0.05, 0) is 60.7 Å². The predicted octanol–water partition coefficient (Wildman–Crippen LogP) is 4.82. The molecule has 3 aromatic rings. The number of ketones is 1. The SMILES string of the molecule is Cn1ccnc1C(=O)c1ccc(NC(=O)CCCSc2ccc(Cl)cc2)cc1. The molecule has 2 aromatic carbocycles. The molecule has 0 atom stereocenters. The normalized spacial score (nSPS) is 10.6. The first-order chi connectivity index (χ1) is 13.5. The van der Waals surface area contributed by atoms with Crippen LogP contribution < -0.4 is 5.32 Å². The Kier molecular flexibility index (Phi) is 6.90. The predicted molar refractivity (Wildman–Crippen MR) is 113 cm³/mol. The first-order valence-corrected chi connectivity index (χ1v) is 10.2. The van der Waals surface area contributed by atoms with Gasteiger partial charge in [0.15, 0.2) is 5.82 Å². The fourth-order valence-corrected chi connectivity index (χ4v) is 3.57. The molecular formula is C21H20ClN3O2S. The van der Waals surface area contributed by atoms with E-state index in [4.69, 9.17) is 11.6 Å². The number of halogens is 1. The van der Waals surface area contributed by atoms with Gasteiger partial charge < -0.3 is 9.88 Å². The molecule has 0 bridgehead atoms. The maximum absolute atomic E-state index is 12.4. The van der Waals surface area contributed by atoms with Crippen LogP contribution in [0, 0.1) is 0 Å². The first kappa shape index (κ1) is 20.2. The number of benzene rings is 2. The summed E-state index contributed by atoms with van der Waals surface area (Å²) in [4.78, 5) is 29.7. The number of aromatic nitrogens is 2. The van der Waals surface area contributed by atoms with Crippen molar-refractivity contribution in [2.75, 3.05) is 11.1 Å². The van der Waals surface area contributed by atoms with Crippen LogP contribution in [0.3, 0.4) is 0 Å². The van der Waals surface area contributed by atoms with Crippen LogP contribution in [0.5, 0.6) is 0 Å². The minimum atomic E-state index is -0.149. The molecule has 144 valence electrons. The van der Waals surface area contributed by atoms with Crippen LogP contribution in [-0.2, 0) is 11.8 Å². The molecule has 0 saturated heterocycles. The van der Waals surface area contributed by atoms with Crippen LogP contribution in [0.1, 0.15) is 29.0 Å². The maximum atomic E-state index is 12.4. The fraction of sp³-hybridized carbons (Fsp3) is 0.190. The highest BCUT2D eigenvalue weighted by Gasteiger charge is 2.13. The van der Waals surface area contributed by atoms with E-state index in [1.807, 2.05) is 24.3 Å². The van der Waals surface area contributed by atoms with Crippen molar-refractivity contribution < 1.29 is 9.59 Å². The van der Waals surface area contributed by atoms with Gasteiger partial charge in [0.05, 0.1) is 0 Å². The smallest absolute Gasteiger partial charge is 0.228 e. The molecule has 0 aliphatic rings. The second-order valence-corrected chi connectivity index (χ2v) is 7.83. The zero-order valence-corrected chi connectivity index (χ0v) is 17.0. The van der Waals surface area contributed by atoms with Crippen LogP contribution in [-0.4, -0.2) is 27.0 Å². The van der Waals surface area contributed by atoms with E-state index in [1.165, 1.54) is 0 Å². The number of thioether (sulfide) groups is 1. The lowest BCUT2D eigenvalue weighted by Crippen LogP contribution is -2.12. The molecule has 5 nitrogen and oxygen atoms in total. The topological polar surface area (TPSA) is 64.0 Å². The lowest BCUT2D eigenvalue weighted by molar-refractivity contribution is -0.116. The van der Waals surface area contributed by atoms with Crippen molar-refractivity contribution in [2.24, 2.45) is 7.05 Å². The summed E-state index contributed by atoms with van der Waals surface area (Å²) in [6.45, 7) is 0. The van der Waals surface area contributed by atoms with E-state index in [-0.39, 0.29) is 11.7 Å². The molecule has 0 spiro atoms. The van der Waals surface area contributed by atoms with E-state index < -0.39 is 0 Å². The van der Waals surface area contributed by atoms with Gasteiger partial charge in [-0.1, -0.05) is 11.6 Å². The zero-order chi connectivity index (χ0) is 19.9. The van der Waals surface area contributed by atoms with Crippen LogP contribution in [0.15, 0.2) is 65.8 Å². The third-order valence-electron chi connectivity index (χ3n) is 4.09. The molecule has 0 unspecified atom stereocenters. The van der Waals surface area contributed by atoms with E-state index >= 15 is 0 Å². The van der Waals surface area contributed by atoms with Crippen molar-refractivity contribution in [3.63, 3.8) is 0 Å². The van der Waals surface area contributed by atoms with Gasteiger partial charge >= 0.3 is 0 Å². The Morgan fingerprint density at radius 2 is 1.82 bits per heavy atom. The summed E-state index contributed by atoms with van der Waals surface area (Å²) in [5.74, 6) is 1.05. The van der Waals surface area contributed by atoms with Gasteiger partial charge in [0.25, 0.3) is 0 Å². The Morgan fingerprint density at radius 3 is 2.46 bits per heavy atom. The van der Waals surface area contributed by atoms with Gasteiger partial charge in [0.2, 0.25) is 11.7 Å². The molecule has 0 fully saturated rings. The number of rotatable bonds is 8. The molecule has 3 rings (SSSR count). The Labute approximate surface area is 173 Å². The van der Waals surface area contributed by atoms with Crippen molar-refractivity contribution in [3.8, 4) is 0 Å². The summed E-state index contributed by atoms with van der Waals surface area (Å²) in [6, 6.07) is 14.5. The van der Waals surface area contributed by atoms with Gasteiger partial charge in [0.1, 0.15) is 0 Å². The minimum absolute atomic E-state index is 0.0418. The molecule has 28 heavy (non-hydrogen) atoms. The number of anilines is 1. The van der Waals surface area contributed by atoms with Gasteiger partial charge in [-0.3, -0.25) is 9.59 Å². The number of carbonyl (C=O) groups is 2. The van der Waals surface area contributed by atoms with E-state index in [0.29, 0.717) is 23.5 Å². The summed E-state index contributed by atoms with van der Waals surface area (Å²) in [5, 5.41) is 3.58. The van der Waals surface area contributed by atoms with Crippen molar-refractivity contribution in [3.05, 3.63) is 77.3 Å². The highest BCUT2D eigenvalue weighted by atomic mass is 35.5. The molecule has 1 heterocycles. The average Bonchev–Trinajstić information content (AvgIpc) is 3.12. The van der Waals surface area contributed by atoms with E-state index in [2.05, 4.69) is 10.3 Å². The van der Waals surface area contributed by atoms with Gasteiger partial charge in [-0.25, -0.2) is 4.98 Å². The average molecular weight is 414 g/mol. The number of hydrogen-bond donors (Lipinski definition) is 1. The van der Waals surface area contributed by atoms with E-state index in [9.17, 15) is 9.59 Å². The standard InChI is InChI=1S/C21H20ClN3O2S/c1-25-13-12-23-21(25)20(27)15-4-8-17(9-5-15)24-19(26)3-2-14-28-18-10-6-16(22)7-11-18/h4-13H,2-3,14H2,1H3,(H,24,26). The Hall–Kier alpha value is -2.57. The summed E-state index contributed by atoms with van der Waals surface area (Å²) in [6.07, 6.45) is 4.53. The number of nitrogens with one attached hydrogen (secondary N) is 1. The second-order valence-electron chi connectivity index (χ2n) is 6.22. The number of aryl methyl sites for hydroxylation is 1. The third-order valence-corrected chi connectivity index (χ3v) is 5.44. The molecule has 1 N–H and O–H groups in total. The van der Waals surface area contributed by atoms with Crippen LogP contribution >= 0.6 is 23.4 Å². The maximum Gasteiger partial charge on any atom is 0.228 e. The Bertz CT molecular complexity index is 953. The van der Waals surface area contributed by atoms with E-state index in [0.717, 1.165) is 22.1 Å². The highest BCUT2D eigenvalue weighted by Crippen LogP contribution is 2.21. The van der Waals surface area contributed by atoms with Crippen LogP contribution in [0.2, 0.25) is 5.02 Å². The highest BCUT2D eigenvalue weighted by molar-refractivity contribution is 7.99. The molecule has 0 aliphatic heterocycles. The molecule has 0 aliphatic carbocycles. The summed E-state index contributed by atoms with van der Waals surface area (Å²) in [5.41, 5.74) is 1.21. The summed E-state index contributed by atoms with van der Waals surface area (Å²) < 4.78 is 1.68. The monoisotopic (exact) mass is 413 g/mol. The number of hydrogen-bond acceptors (Lipinski definition) is 4. The van der Waals surface area contributed by atoms with Crippen molar-refractivity contribution in [1.82, 2.24) is 9.55 Å². The zero-order valence-electron chi connectivity index (χ0n) is 15.4. The number of imidazole rings is 1. The fourth-order valence-electron chi connectivity index (χ4n) is 2.60. The molecule has 7 heteroatoms. The second kappa shape index (κ2) is 9.57. The first-order valence-electron chi connectivity index (χ1n) is 8.83. The van der Waals surface area contributed by atoms with E-state index in [1.54, 1.807) is 60.0 Å². The van der Waals surface area contributed by atoms with Gasteiger partial charge in [0, 0.05) is 47.0 Å². The molecule has 0 radical (unpaired) electrons. The minimum Gasteiger partial charge on any atom is -0.331 e. The molecular weight excluding hydrogens is 394 g/mol. The van der Waals surface area contributed by atoms with Crippen LogP contribution in [0.4, 0.5) is 5.69 Å². The van der Waals surface area contributed by atoms with Crippen molar-refractivity contribution in [1.29, 1.82) is 0 Å². The molecule has 1 aromatic heterocycles. The van der Waals surface area contributed by atoms with Gasteiger partial charge in [-0.15, -0.1) is 11.8 Å². The lowest BCUT2D eigenvalue weighted by atomic mass is 10.1. The molecule has 0 saturated carbocycles. The third kappa shape index (κ3) is 5.47. The van der Waals surface area contributed by atoms with Crippen molar-refractivity contribution >= 4 is 40.7 Å². The number of carbonyl (C=O) groups excluding carboxylic acids is 2. The Balaban J connectivity index is 1.44. The Morgan fingerprint density at radius 1 is 1.11 bits per heavy atom. The largest absolute Gasteiger partial charge is 0.331 e. The lowest BCUT2D eigenvalue weighted by Gasteiger charge is -2.07. The number of amides is 1. The quantitative estimate of drug-likeness (QED) is 0.327. The van der Waals surface area contributed by atoms with Gasteiger partial charge in [-0.2, -0.15) is 0 Å². The van der Waals surface area contributed by atoms with Crippen LogP contribution in [0.25, 0.3) is 0 Å². The summed E-state index contributed by atoms with van der Waals surface area (Å²) in [7, 11) is 1.78. The summed E-state index contributed by atoms with van der Waals surface area (Å²) >= 11 is 7.56. The van der Waals surface area contributed by atoms with Crippen molar-refractivity contribution in [2.45, 2.75) is 17.7 Å². The molecule has 1 amide bonds.